The van der Waals surface area contributed by atoms with Crippen LogP contribution in [0.1, 0.15) is 32.8 Å². The largest absolute Gasteiger partial charge is 0.393 e. The van der Waals surface area contributed by atoms with Crippen molar-refractivity contribution in [1.82, 2.24) is 0 Å². The highest BCUT2D eigenvalue weighted by atomic mass is 79.9. The van der Waals surface area contributed by atoms with Crippen LogP contribution in [0, 0.1) is 15.5 Å². The van der Waals surface area contributed by atoms with Crippen molar-refractivity contribution in [2.75, 3.05) is 0 Å². The fraction of sp³-hybridized carbons (Fsp3) is 0.538. The van der Waals surface area contributed by atoms with Gasteiger partial charge in [0, 0.05) is 16.6 Å². The van der Waals surface area contributed by atoms with E-state index in [0.717, 1.165) is 10.0 Å². The fourth-order valence-electron chi connectivity index (χ4n) is 1.58. The van der Waals surface area contributed by atoms with E-state index in [1.54, 1.807) is 6.07 Å². The number of hydrogen-bond acceptors (Lipinski definition) is 3. The van der Waals surface area contributed by atoms with E-state index in [1.165, 1.54) is 12.1 Å². The number of non-ortho nitro benzene ring substituents is 1. The zero-order chi connectivity index (χ0) is 13.9. The molecule has 1 atom stereocenters. The highest BCUT2D eigenvalue weighted by molar-refractivity contribution is 9.10. The number of rotatable bonds is 4. The summed E-state index contributed by atoms with van der Waals surface area (Å²) >= 11 is 3.33. The molecule has 1 unspecified atom stereocenters. The molecule has 0 saturated heterocycles. The zero-order valence-corrected chi connectivity index (χ0v) is 12.4. The van der Waals surface area contributed by atoms with Crippen LogP contribution in [0.4, 0.5) is 5.69 Å². The van der Waals surface area contributed by atoms with E-state index >= 15 is 0 Å². The monoisotopic (exact) mass is 315 g/mol. The normalized spacial score (nSPS) is 13.4. The van der Waals surface area contributed by atoms with Crippen molar-refractivity contribution in [1.29, 1.82) is 0 Å². The van der Waals surface area contributed by atoms with Gasteiger partial charge in [0.1, 0.15) is 0 Å². The second-order valence-electron chi connectivity index (χ2n) is 5.45. The zero-order valence-electron chi connectivity index (χ0n) is 10.8. The third-order valence-electron chi connectivity index (χ3n) is 2.93. The van der Waals surface area contributed by atoms with E-state index in [9.17, 15) is 15.2 Å². The summed E-state index contributed by atoms with van der Waals surface area (Å²) in [6.45, 7) is 5.97. The number of aliphatic hydroxyl groups is 1. The van der Waals surface area contributed by atoms with Crippen molar-refractivity contribution >= 4 is 21.6 Å². The van der Waals surface area contributed by atoms with Crippen LogP contribution in [0.25, 0.3) is 0 Å². The molecule has 0 heterocycles. The summed E-state index contributed by atoms with van der Waals surface area (Å²) in [7, 11) is 0. The Labute approximate surface area is 115 Å². The van der Waals surface area contributed by atoms with Crippen LogP contribution >= 0.6 is 15.9 Å². The van der Waals surface area contributed by atoms with Gasteiger partial charge in [-0.1, -0.05) is 42.8 Å². The molecule has 0 spiro atoms. The Balaban J connectivity index is 2.72. The molecule has 18 heavy (non-hydrogen) atoms. The Morgan fingerprint density at radius 3 is 2.50 bits per heavy atom. The Hall–Kier alpha value is -0.940. The van der Waals surface area contributed by atoms with Crippen LogP contribution in [-0.4, -0.2) is 16.1 Å². The van der Waals surface area contributed by atoms with E-state index in [1.807, 2.05) is 20.8 Å². The van der Waals surface area contributed by atoms with E-state index < -0.39 is 4.92 Å². The van der Waals surface area contributed by atoms with Gasteiger partial charge < -0.3 is 5.11 Å². The molecule has 0 bridgehead atoms. The number of benzene rings is 1. The van der Waals surface area contributed by atoms with Gasteiger partial charge in [-0.05, 0) is 23.8 Å². The lowest BCUT2D eigenvalue weighted by molar-refractivity contribution is -0.384. The van der Waals surface area contributed by atoms with Crippen molar-refractivity contribution in [3.05, 3.63) is 38.3 Å². The molecule has 0 aliphatic rings. The highest BCUT2D eigenvalue weighted by Crippen LogP contribution is 2.27. The minimum atomic E-state index is -0.418. The number of nitrogens with zero attached hydrogens (tertiary/aromatic N) is 1. The number of halogens is 1. The molecule has 0 aliphatic heterocycles. The van der Waals surface area contributed by atoms with Gasteiger partial charge in [0.2, 0.25) is 0 Å². The lowest BCUT2D eigenvalue weighted by Crippen LogP contribution is -2.26. The van der Waals surface area contributed by atoms with Gasteiger partial charge in [0.15, 0.2) is 0 Å². The Morgan fingerprint density at radius 1 is 1.44 bits per heavy atom. The molecule has 0 fully saturated rings. The van der Waals surface area contributed by atoms with Crippen LogP contribution in [0.15, 0.2) is 22.7 Å². The average molecular weight is 316 g/mol. The standard InChI is InChI=1S/C13H18BrNO3/c1-13(2,3)12(16)7-5-9-4-6-10(15(17)18)8-11(9)14/h4,6,8,12,16H,5,7H2,1-3H3. The molecule has 1 aromatic carbocycles. The molecule has 100 valence electrons. The third-order valence-corrected chi connectivity index (χ3v) is 3.67. The van der Waals surface area contributed by atoms with Gasteiger partial charge in [-0.2, -0.15) is 0 Å². The lowest BCUT2D eigenvalue weighted by Gasteiger charge is -2.25. The molecule has 1 N–H and O–H groups in total. The highest BCUT2D eigenvalue weighted by Gasteiger charge is 2.22. The summed E-state index contributed by atoms with van der Waals surface area (Å²) in [5.74, 6) is 0. The maximum absolute atomic E-state index is 10.6. The van der Waals surface area contributed by atoms with E-state index in [4.69, 9.17) is 0 Å². The maximum Gasteiger partial charge on any atom is 0.270 e. The molecule has 0 aliphatic carbocycles. The molecule has 1 aromatic rings. The minimum Gasteiger partial charge on any atom is -0.393 e. The van der Waals surface area contributed by atoms with E-state index in [0.29, 0.717) is 12.8 Å². The Bertz CT molecular complexity index is 440. The minimum absolute atomic E-state index is 0.0713. The van der Waals surface area contributed by atoms with Crippen molar-refractivity contribution < 1.29 is 10.0 Å². The molecule has 1 rings (SSSR count). The number of nitro benzene ring substituents is 1. The van der Waals surface area contributed by atoms with Gasteiger partial charge in [-0.15, -0.1) is 0 Å². The van der Waals surface area contributed by atoms with Crippen LogP contribution in [0.5, 0.6) is 0 Å². The third kappa shape index (κ3) is 4.07. The van der Waals surface area contributed by atoms with Crippen LogP contribution in [0.3, 0.4) is 0 Å². The first kappa shape index (κ1) is 15.1. The van der Waals surface area contributed by atoms with Crippen molar-refractivity contribution in [3.8, 4) is 0 Å². The first-order valence-electron chi connectivity index (χ1n) is 5.82. The van der Waals surface area contributed by atoms with Crippen molar-refractivity contribution in [2.45, 2.75) is 39.7 Å². The Kier molecular flexibility index (Phi) is 4.87. The fourth-order valence-corrected chi connectivity index (χ4v) is 2.14. The van der Waals surface area contributed by atoms with Gasteiger partial charge in [0.05, 0.1) is 11.0 Å². The summed E-state index contributed by atoms with van der Waals surface area (Å²) in [5, 5.41) is 20.6. The average Bonchev–Trinajstić information content (AvgIpc) is 2.25. The quantitative estimate of drug-likeness (QED) is 0.680. The van der Waals surface area contributed by atoms with Crippen molar-refractivity contribution in [3.63, 3.8) is 0 Å². The predicted octanol–water partition coefficient (Wildman–Crippen LogP) is 3.70. The summed E-state index contributed by atoms with van der Waals surface area (Å²) in [5.41, 5.74) is 0.902. The maximum atomic E-state index is 10.6. The first-order valence-corrected chi connectivity index (χ1v) is 6.62. The van der Waals surface area contributed by atoms with Gasteiger partial charge in [0.25, 0.3) is 5.69 Å². The van der Waals surface area contributed by atoms with Gasteiger partial charge in [-0.3, -0.25) is 10.1 Å². The van der Waals surface area contributed by atoms with Gasteiger partial charge in [-0.25, -0.2) is 0 Å². The molecule has 0 saturated carbocycles. The molecular weight excluding hydrogens is 298 g/mol. The molecular formula is C13H18BrNO3. The molecule has 0 radical (unpaired) electrons. The summed E-state index contributed by atoms with van der Waals surface area (Å²) in [6, 6.07) is 4.72. The van der Waals surface area contributed by atoms with Gasteiger partial charge >= 0.3 is 0 Å². The van der Waals surface area contributed by atoms with Crippen LogP contribution < -0.4 is 0 Å². The van der Waals surface area contributed by atoms with Crippen molar-refractivity contribution in [2.24, 2.45) is 5.41 Å². The summed E-state index contributed by atoms with van der Waals surface area (Å²) in [4.78, 5) is 10.2. The molecule has 5 heteroatoms. The summed E-state index contributed by atoms with van der Waals surface area (Å²) in [6.07, 6.45) is 0.941. The number of nitro groups is 1. The second kappa shape index (κ2) is 5.80. The van der Waals surface area contributed by atoms with E-state index in [-0.39, 0.29) is 17.2 Å². The lowest BCUT2D eigenvalue weighted by atomic mass is 9.86. The number of aliphatic hydroxyl groups excluding tert-OH is 1. The van der Waals surface area contributed by atoms with Crippen LogP contribution in [0.2, 0.25) is 0 Å². The topological polar surface area (TPSA) is 63.4 Å². The Morgan fingerprint density at radius 2 is 2.06 bits per heavy atom. The smallest absolute Gasteiger partial charge is 0.270 e. The number of hydrogen-bond donors (Lipinski definition) is 1. The molecule has 4 nitrogen and oxygen atoms in total. The molecule has 0 amide bonds. The summed E-state index contributed by atoms with van der Waals surface area (Å²) < 4.78 is 0.720. The van der Waals surface area contributed by atoms with Crippen LogP contribution in [-0.2, 0) is 6.42 Å². The first-order chi connectivity index (χ1) is 8.21. The second-order valence-corrected chi connectivity index (χ2v) is 6.31. The predicted molar refractivity (Wildman–Crippen MR) is 74.6 cm³/mol. The van der Waals surface area contributed by atoms with E-state index in [2.05, 4.69) is 15.9 Å². The number of aryl methyl sites for hydroxylation is 1. The SMILES string of the molecule is CC(C)(C)C(O)CCc1ccc([N+](=O)[O-])cc1Br. The molecule has 0 aromatic heterocycles.